The third-order valence-electron chi connectivity index (χ3n) is 4.18. The van der Waals surface area contributed by atoms with Crippen LogP contribution < -0.4 is 10.6 Å². The molecule has 1 unspecified atom stereocenters. The Labute approximate surface area is 134 Å². The number of hydrogen-bond acceptors (Lipinski definition) is 2. The molecule has 1 aromatic rings. The zero-order valence-corrected chi connectivity index (χ0v) is 14.0. The van der Waals surface area contributed by atoms with Crippen LogP contribution in [0, 0.1) is 5.92 Å². The number of aryl methyl sites for hydroxylation is 1. The predicted octanol–water partition coefficient (Wildman–Crippen LogP) is 2.42. The van der Waals surface area contributed by atoms with Gasteiger partial charge in [-0.2, -0.15) is 0 Å². The maximum absolute atomic E-state index is 10.9. The molecular weight excluding hydrogens is 274 g/mol. The van der Waals surface area contributed by atoms with Crippen LogP contribution in [0.15, 0.2) is 29.3 Å². The van der Waals surface area contributed by atoms with Gasteiger partial charge in [-0.1, -0.05) is 38.1 Å². The molecule has 4 heteroatoms. The van der Waals surface area contributed by atoms with Crippen LogP contribution in [0.5, 0.6) is 0 Å². The van der Waals surface area contributed by atoms with E-state index in [0.29, 0.717) is 12.5 Å². The summed E-state index contributed by atoms with van der Waals surface area (Å²) in [5, 5.41) is 17.5. The Hall–Kier alpha value is -1.55. The molecule has 3 N–H and O–H groups in total. The van der Waals surface area contributed by atoms with Crippen LogP contribution >= 0.6 is 0 Å². The van der Waals surface area contributed by atoms with Gasteiger partial charge in [0.05, 0.1) is 6.54 Å². The molecule has 0 radical (unpaired) electrons. The monoisotopic (exact) mass is 303 g/mol. The lowest BCUT2D eigenvalue weighted by Gasteiger charge is -2.22. The van der Waals surface area contributed by atoms with Crippen LogP contribution in [0.25, 0.3) is 0 Å². The summed E-state index contributed by atoms with van der Waals surface area (Å²) >= 11 is 0. The van der Waals surface area contributed by atoms with Gasteiger partial charge in [-0.25, -0.2) is 4.99 Å². The molecule has 0 aromatic heterocycles. The van der Waals surface area contributed by atoms with Crippen molar-refractivity contribution < 1.29 is 5.11 Å². The second kappa shape index (κ2) is 7.63. The summed E-state index contributed by atoms with van der Waals surface area (Å²) in [5.74, 6) is 1.46. The van der Waals surface area contributed by atoms with Crippen molar-refractivity contribution >= 4 is 5.96 Å². The highest BCUT2D eigenvalue weighted by atomic mass is 16.3. The van der Waals surface area contributed by atoms with Crippen molar-refractivity contribution in [2.24, 2.45) is 10.9 Å². The average molecular weight is 303 g/mol. The summed E-state index contributed by atoms with van der Waals surface area (Å²) in [4.78, 5) is 4.61. The van der Waals surface area contributed by atoms with Crippen LogP contribution in [0.4, 0.5) is 0 Å². The standard InChI is InChI=1S/C18H29N3O/c1-4-19-17(20-12-10-14(2)3)21-13-18(22)11-9-15-7-5-6-8-16(15)18/h5-8,14,22H,4,9-13H2,1-3H3,(H2,19,20,21). The minimum Gasteiger partial charge on any atom is -0.383 e. The molecule has 0 fully saturated rings. The molecule has 4 nitrogen and oxygen atoms in total. The summed E-state index contributed by atoms with van der Waals surface area (Å²) in [6, 6.07) is 8.15. The Bertz CT molecular complexity index is 513. The molecule has 0 saturated carbocycles. The van der Waals surface area contributed by atoms with Crippen molar-refractivity contribution in [3.05, 3.63) is 35.4 Å². The fourth-order valence-corrected chi connectivity index (χ4v) is 2.86. The van der Waals surface area contributed by atoms with Gasteiger partial charge in [0.2, 0.25) is 0 Å². The number of hydrogen-bond donors (Lipinski definition) is 3. The fourth-order valence-electron chi connectivity index (χ4n) is 2.86. The third-order valence-corrected chi connectivity index (χ3v) is 4.18. The molecule has 0 heterocycles. The molecule has 0 bridgehead atoms. The highest BCUT2D eigenvalue weighted by molar-refractivity contribution is 5.79. The first-order valence-corrected chi connectivity index (χ1v) is 8.38. The van der Waals surface area contributed by atoms with E-state index < -0.39 is 5.60 Å². The molecule has 122 valence electrons. The number of fused-ring (bicyclic) bond motifs is 1. The summed E-state index contributed by atoms with van der Waals surface area (Å²) in [6.45, 7) is 8.61. The molecule has 0 amide bonds. The van der Waals surface area contributed by atoms with E-state index in [4.69, 9.17) is 0 Å². The Morgan fingerprint density at radius 1 is 1.32 bits per heavy atom. The van der Waals surface area contributed by atoms with Gasteiger partial charge in [0, 0.05) is 13.1 Å². The lowest BCUT2D eigenvalue weighted by atomic mass is 9.96. The van der Waals surface area contributed by atoms with Crippen molar-refractivity contribution in [2.75, 3.05) is 19.6 Å². The van der Waals surface area contributed by atoms with Gasteiger partial charge in [0.15, 0.2) is 5.96 Å². The smallest absolute Gasteiger partial charge is 0.191 e. The molecular formula is C18H29N3O. The van der Waals surface area contributed by atoms with E-state index in [9.17, 15) is 5.11 Å². The minimum absolute atomic E-state index is 0.404. The highest BCUT2D eigenvalue weighted by Gasteiger charge is 2.36. The molecule has 2 rings (SSSR count). The molecule has 1 aromatic carbocycles. The third kappa shape index (κ3) is 4.23. The van der Waals surface area contributed by atoms with E-state index in [0.717, 1.165) is 43.9 Å². The van der Waals surface area contributed by atoms with Crippen LogP contribution in [0.1, 0.15) is 44.7 Å². The zero-order valence-electron chi connectivity index (χ0n) is 14.0. The number of nitrogens with one attached hydrogen (secondary N) is 2. The van der Waals surface area contributed by atoms with Crippen molar-refractivity contribution in [1.82, 2.24) is 10.6 Å². The summed E-state index contributed by atoms with van der Waals surface area (Å²) in [6.07, 6.45) is 2.79. The van der Waals surface area contributed by atoms with Gasteiger partial charge in [0.1, 0.15) is 5.60 Å². The summed E-state index contributed by atoms with van der Waals surface area (Å²) in [5.41, 5.74) is 1.46. The van der Waals surface area contributed by atoms with Gasteiger partial charge in [0.25, 0.3) is 0 Å². The number of aliphatic hydroxyl groups is 1. The van der Waals surface area contributed by atoms with E-state index >= 15 is 0 Å². The Morgan fingerprint density at radius 2 is 2.09 bits per heavy atom. The molecule has 0 saturated heterocycles. The van der Waals surface area contributed by atoms with Crippen LogP contribution in [-0.2, 0) is 12.0 Å². The largest absolute Gasteiger partial charge is 0.383 e. The second-order valence-corrected chi connectivity index (χ2v) is 6.49. The highest BCUT2D eigenvalue weighted by Crippen LogP contribution is 2.36. The SMILES string of the molecule is CCNC(=NCC1(O)CCc2ccccc21)NCCC(C)C. The molecule has 1 aliphatic rings. The number of aliphatic imine (C=N–C) groups is 1. The Morgan fingerprint density at radius 3 is 2.82 bits per heavy atom. The van der Waals surface area contributed by atoms with Crippen molar-refractivity contribution in [1.29, 1.82) is 0 Å². The van der Waals surface area contributed by atoms with Crippen LogP contribution in [0.3, 0.4) is 0 Å². The van der Waals surface area contributed by atoms with E-state index in [2.05, 4.69) is 42.5 Å². The fraction of sp³-hybridized carbons (Fsp3) is 0.611. The van der Waals surface area contributed by atoms with E-state index in [-0.39, 0.29) is 0 Å². The number of guanidine groups is 1. The Balaban J connectivity index is 2.01. The normalized spacial score (nSPS) is 21.0. The Kier molecular flexibility index (Phi) is 5.83. The predicted molar refractivity (Wildman–Crippen MR) is 92.1 cm³/mol. The zero-order chi connectivity index (χ0) is 16.0. The molecule has 0 spiro atoms. The first kappa shape index (κ1) is 16.8. The lowest BCUT2D eigenvalue weighted by Crippen LogP contribution is -2.39. The number of rotatable bonds is 6. The van der Waals surface area contributed by atoms with Crippen molar-refractivity contribution in [2.45, 2.75) is 45.6 Å². The first-order chi connectivity index (χ1) is 10.5. The van der Waals surface area contributed by atoms with E-state index in [1.165, 1.54) is 5.56 Å². The summed E-state index contributed by atoms with van der Waals surface area (Å²) < 4.78 is 0. The quantitative estimate of drug-likeness (QED) is 0.559. The number of benzene rings is 1. The minimum atomic E-state index is -0.822. The molecule has 0 aliphatic heterocycles. The lowest BCUT2D eigenvalue weighted by molar-refractivity contribution is 0.0485. The van der Waals surface area contributed by atoms with Crippen molar-refractivity contribution in [3.8, 4) is 0 Å². The van der Waals surface area contributed by atoms with E-state index in [1.807, 2.05) is 18.2 Å². The first-order valence-electron chi connectivity index (χ1n) is 8.38. The van der Waals surface area contributed by atoms with Gasteiger partial charge in [-0.3, -0.25) is 0 Å². The molecule has 1 aliphatic carbocycles. The average Bonchev–Trinajstić information content (AvgIpc) is 2.83. The van der Waals surface area contributed by atoms with Crippen LogP contribution in [0.2, 0.25) is 0 Å². The summed E-state index contributed by atoms with van der Waals surface area (Å²) in [7, 11) is 0. The maximum Gasteiger partial charge on any atom is 0.191 e. The van der Waals surface area contributed by atoms with Crippen molar-refractivity contribution in [3.63, 3.8) is 0 Å². The van der Waals surface area contributed by atoms with Crippen LogP contribution in [-0.4, -0.2) is 30.7 Å². The van der Waals surface area contributed by atoms with Gasteiger partial charge < -0.3 is 15.7 Å². The van der Waals surface area contributed by atoms with Gasteiger partial charge in [-0.05, 0) is 43.2 Å². The molecule has 22 heavy (non-hydrogen) atoms. The van der Waals surface area contributed by atoms with Gasteiger partial charge >= 0.3 is 0 Å². The number of nitrogens with zero attached hydrogens (tertiary/aromatic N) is 1. The van der Waals surface area contributed by atoms with Gasteiger partial charge in [-0.15, -0.1) is 0 Å². The maximum atomic E-state index is 10.9. The van der Waals surface area contributed by atoms with E-state index in [1.54, 1.807) is 0 Å². The molecule has 1 atom stereocenters. The second-order valence-electron chi connectivity index (χ2n) is 6.49. The topological polar surface area (TPSA) is 56.7 Å².